The van der Waals surface area contributed by atoms with Crippen LogP contribution in [0.4, 0.5) is 8.78 Å². The Bertz CT molecular complexity index is 590. The second-order valence-corrected chi connectivity index (χ2v) is 14.9. The molecule has 2 aliphatic rings. The quantitative estimate of drug-likeness (QED) is 0.294. The number of esters is 1. The molecule has 0 bridgehead atoms. The first kappa shape index (κ1) is 26.7. The fraction of sp³-hybridized carbons (Fsp3) is 0.958. The van der Waals surface area contributed by atoms with E-state index in [9.17, 15) is 18.7 Å². The minimum absolute atomic E-state index is 0.0383. The summed E-state index contributed by atoms with van der Waals surface area (Å²) < 4.78 is 40.0. The SMILES string of the molecule is CCOC(=O)C(F)(F)C(O)CC(C)C1CCC2[C@@H](O[Si](CC)(CC)CC)CCC[C@]12C. The third-order valence-corrected chi connectivity index (χ3v) is 13.4. The predicted octanol–water partition coefficient (Wildman–Crippen LogP) is 6.18. The number of carbonyl (C=O) groups excluding carboxylic acids is 1. The van der Waals surface area contributed by atoms with Crippen molar-refractivity contribution in [2.45, 2.75) is 116 Å². The van der Waals surface area contributed by atoms with Crippen LogP contribution in [0.1, 0.15) is 80.1 Å². The molecule has 0 heterocycles. The maximum atomic E-state index is 14.3. The number of rotatable bonds is 11. The van der Waals surface area contributed by atoms with E-state index in [-0.39, 0.29) is 36.4 Å². The summed E-state index contributed by atoms with van der Waals surface area (Å²) in [6.45, 7) is 12.4. The third-order valence-electron chi connectivity index (χ3n) is 8.72. The maximum Gasteiger partial charge on any atom is 0.379 e. The average molecular weight is 463 g/mol. The standard InChI is InChI=1S/C24H44F2O4Si/c1-7-29-22(28)24(25,26)21(27)16-17(5)18-13-14-19-20(12-11-15-23(18,19)6)30-31(8-2,9-3)10-4/h17-21,27H,7-16H2,1-6H3/t17?,18?,19?,20-,21?,23+/m0/s1. The van der Waals surface area contributed by atoms with E-state index in [0.717, 1.165) is 50.2 Å². The van der Waals surface area contributed by atoms with Crippen molar-refractivity contribution in [2.75, 3.05) is 6.61 Å². The van der Waals surface area contributed by atoms with Gasteiger partial charge in [-0.2, -0.15) is 8.78 Å². The third kappa shape index (κ3) is 5.35. The van der Waals surface area contributed by atoms with E-state index in [1.54, 1.807) is 0 Å². The molecule has 0 aromatic heterocycles. The van der Waals surface area contributed by atoms with Crippen LogP contribution in [0.2, 0.25) is 18.1 Å². The second kappa shape index (κ2) is 10.6. The number of aliphatic hydroxyl groups is 1. The summed E-state index contributed by atoms with van der Waals surface area (Å²) in [5, 5.41) is 10.2. The Kier molecular flexibility index (Phi) is 9.13. The number of halogens is 2. The summed E-state index contributed by atoms with van der Waals surface area (Å²) in [5.41, 5.74) is 0.0383. The van der Waals surface area contributed by atoms with E-state index in [4.69, 9.17) is 4.43 Å². The van der Waals surface area contributed by atoms with Gasteiger partial charge in [0.15, 0.2) is 8.32 Å². The van der Waals surface area contributed by atoms with Crippen LogP contribution in [0, 0.1) is 23.2 Å². The monoisotopic (exact) mass is 462 g/mol. The van der Waals surface area contributed by atoms with Crippen LogP contribution in [0.25, 0.3) is 0 Å². The van der Waals surface area contributed by atoms with Gasteiger partial charge in [-0.3, -0.25) is 0 Å². The predicted molar refractivity (Wildman–Crippen MR) is 122 cm³/mol. The molecule has 7 heteroatoms. The lowest BCUT2D eigenvalue weighted by Gasteiger charge is -2.49. The fourth-order valence-corrected chi connectivity index (χ4v) is 9.51. The van der Waals surface area contributed by atoms with E-state index in [2.05, 4.69) is 32.4 Å². The van der Waals surface area contributed by atoms with Crippen LogP contribution < -0.4 is 0 Å². The summed E-state index contributed by atoms with van der Waals surface area (Å²) in [6, 6.07) is 3.40. The molecule has 2 aliphatic carbocycles. The van der Waals surface area contributed by atoms with Gasteiger partial charge in [-0.05, 0) is 80.3 Å². The Morgan fingerprint density at radius 1 is 1.16 bits per heavy atom. The normalized spacial score (nSPS) is 31.2. The molecule has 4 nitrogen and oxygen atoms in total. The molecule has 0 radical (unpaired) electrons. The highest BCUT2D eigenvalue weighted by Crippen LogP contribution is 2.59. The largest absolute Gasteiger partial charge is 0.461 e. The molecule has 31 heavy (non-hydrogen) atoms. The van der Waals surface area contributed by atoms with Crippen molar-refractivity contribution in [3.8, 4) is 0 Å². The zero-order valence-corrected chi connectivity index (χ0v) is 21.4. The summed E-state index contributed by atoms with van der Waals surface area (Å²) in [7, 11) is -1.71. The molecule has 2 rings (SSSR count). The Hall–Kier alpha value is -0.533. The van der Waals surface area contributed by atoms with Gasteiger partial charge in [0.05, 0.1) is 6.61 Å². The average Bonchev–Trinajstić information content (AvgIpc) is 3.10. The number of fused-ring (bicyclic) bond motifs is 1. The summed E-state index contributed by atoms with van der Waals surface area (Å²) >= 11 is 0. The highest BCUT2D eigenvalue weighted by atomic mass is 28.4. The minimum Gasteiger partial charge on any atom is -0.461 e. The number of hydrogen-bond donors (Lipinski definition) is 1. The Labute approximate surface area is 188 Å². The lowest BCUT2D eigenvalue weighted by atomic mass is 9.61. The van der Waals surface area contributed by atoms with Gasteiger partial charge < -0.3 is 14.3 Å². The molecule has 2 saturated carbocycles. The number of alkyl halides is 2. The van der Waals surface area contributed by atoms with Gasteiger partial charge in [0.2, 0.25) is 0 Å². The summed E-state index contributed by atoms with van der Waals surface area (Å²) in [4.78, 5) is 11.6. The summed E-state index contributed by atoms with van der Waals surface area (Å²) in [6.07, 6.45) is 3.47. The highest BCUT2D eigenvalue weighted by Gasteiger charge is 2.55. The van der Waals surface area contributed by atoms with Crippen LogP contribution in [-0.2, 0) is 14.0 Å². The van der Waals surface area contributed by atoms with Crippen molar-refractivity contribution < 1.29 is 27.8 Å². The molecular formula is C24H44F2O4Si. The molecular weight excluding hydrogens is 418 g/mol. The number of aliphatic hydroxyl groups excluding tert-OH is 1. The van der Waals surface area contributed by atoms with E-state index in [0.29, 0.717) is 5.92 Å². The Morgan fingerprint density at radius 3 is 2.32 bits per heavy atom. The molecule has 0 aromatic rings. The minimum atomic E-state index is -3.87. The van der Waals surface area contributed by atoms with Gasteiger partial charge >= 0.3 is 11.9 Å². The second-order valence-electron chi connectivity index (χ2n) is 10.2. The van der Waals surface area contributed by atoms with Crippen molar-refractivity contribution >= 4 is 14.3 Å². The van der Waals surface area contributed by atoms with Gasteiger partial charge in [-0.15, -0.1) is 0 Å². The molecule has 0 spiro atoms. The summed E-state index contributed by atoms with van der Waals surface area (Å²) in [5.74, 6) is -4.90. The molecule has 1 N–H and O–H groups in total. The lowest BCUT2D eigenvalue weighted by molar-refractivity contribution is -0.190. The molecule has 4 unspecified atom stereocenters. The van der Waals surface area contributed by atoms with Gasteiger partial charge in [0, 0.05) is 6.10 Å². The van der Waals surface area contributed by atoms with E-state index in [1.165, 1.54) is 6.92 Å². The highest BCUT2D eigenvalue weighted by molar-refractivity contribution is 6.73. The molecule has 0 aliphatic heterocycles. The molecule has 0 aromatic carbocycles. The Balaban J connectivity index is 2.12. The van der Waals surface area contributed by atoms with Crippen molar-refractivity contribution in [1.29, 1.82) is 0 Å². The topological polar surface area (TPSA) is 55.8 Å². The first-order valence-corrected chi connectivity index (χ1v) is 14.9. The van der Waals surface area contributed by atoms with Crippen molar-refractivity contribution in [3.63, 3.8) is 0 Å². The number of ether oxygens (including phenoxy) is 1. The van der Waals surface area contributed by atoms with Crippen LogP contribution in [0.15, 0.2) is 0 Å². The van der Waals surface area contributed by atoms with Crippen LogP contribution in [0.5, 0.6) is 0 Å². The first-order chi connectivity index (χ1) is 14.5. The first-order valence-electron chi connectivity index (χ1n) is 12.4. The molecule has 0 saturated heterocycles. The van der Waals surface area contributed by atoms with E-state index in [1.807, 2.05) is 6.92 Å². The van der Waals surface area contributed by atoms with Crippen molar-refractivity contribution in [3.05, 3.63) is 0 Å². The number of carbonyl (C=O) groups is 1. The lowest BCUT2D eigenvalue weighted by Crippen LogP contribution is -2.49. The molecule has 2 fully saturated rings. The van der Waals surface area contributed by atoms with Crippen molar-refractivity contribution in [1.82, 2.24) is 0 Å². The zero-order chi connectivity index (χ0) is 23.4. The Morgan fingerprint density at radius 2 is 1.77 bits per heavy atom. The molecule has 6 atom stereocenters. The zero-order valence-electron chi connectivity index (χ0n) is 20.4. The maximum absolute atomic E-state index is 14.3. The van der Waals surface area contributed by atoms with Crippen LogP contribution in [0.3, 0.4) is 0 Å². The number of hydrogen-bond acceptors (Lipinski definition) is 4. The molecule has 0 amide bonds. The smallest absolute Gasteiger partial charge is 0.379 e. The van der Waals surface area contributed by atoms with Gasteiger partial charge in [0.25, 0.3) is 0 Å². The fourth-order valence-electron chi connectivity index (χ4n) is 6.58. The van der Waals surface area contributed by atoms with Crippen LogP contribution >= 0.6 is 0 Å². The van der Waals surface area contributed by atoms with Gasteiger partial charge in [-0.1, -0.05) is 41.0 Å². The van der Waals surface area contributed by atoms with Crippen LogP contribution in [-0.4, -0.2) is 44.1 Å². The van der Waals surface area contributed by atoms with Crippen molar-refractivity contribution in [2.24, 2.45) is 23.2 Å². The van der Waals surface area contributed by atoms with Gasteiger partial charge in [-0.25, -0.2) is 4.79 Å². The van der Waals surface area contributed by atoms with E-state index >= 15 is 0 Å². The molecule has 182 valence electrons. The van der Waals surface area contributed by atoms with E-state index < -0.39 is 26.3 Å². The van der Waals surface area contributed by atoms with Gasteiger partial charge in [0.1, 0.15) is 6.10 Å².